The Hall–Kier alpha value is -1.46. The second-order valence-electron chi connectivity index (χ2n) is 4.78. The Morgan fingerprint density at radius 1 is 1.47 bits per heavy atom. The van der Waals surface area contributed by atoms with Crippen LogP contribution in [0.4, 0.5) is 0 Å². The zero-order valence-corrected chi connectivity index (χ0v) is 12.1. The molecule has 0 aliphatic heterocycles. The fourth-order valence-corrected chi connectivity index (χ4v) is 1.50. The molecule has 1 N–H and O–H groups in total. The molecule has 0 atom stereocenters. The average Bonchev–Trinajstić information content (AvgIpc) is 2.43. The van der Waals surface area contributed by atoms with Crippen molar-refractivity contribution in [3.05, 3.63) is 29.6 Å². The molecule has 1 heterocycles. The Kier molecular flexibility index (Phi) is 6.45. The fourth-order valence-electron chi connectivity index (χ4n) is 1.50. The molecule has 1 rings (SSSR count). The van der Waals surface area contributed by atoms with E-state index < -0.39 is 0 Å². The minimum Gasteiger partial charge on any atom is -0.465 e. The molecule has 0 saturated carbocycles. The summed E-state index contributed by atoms with van der Waals surface area (Å²) < 4.78 is 4.62. The van der Waals surface area contributed by atoms with Crippen LogP contribution in [-0.2, 0) is 11.3 Å². The minimum absolute atomic E-state index is 0.356. The van der Waals surface area contributed by atoms with Gasteiger partial charge in [0.25, 0.3) is 0 Å². The molecular formula is C14H23N3O2. The van der Waals surface area contributed by atoms with E-state index in [1.807, 2.05) is 6.07 Å². The monoisotopic (exact) mass is 265 g/mol. The predicted molar refractivity (Wildman–Crippen MR) is 75.0 cm³/mol. The number of likely N-dealkylation sites (N-methyl/N-ethyl adjacent to an activating group) is 1. The Morgan fingerprint density at radius 2 is 2.21 bits per heavy atom. The van der Waals surface area contributed by atoms with Gasteiger partial charge in [-0.15, -0.1) is 0 Å². The maximum Gasteiger partial charge on any atom is 0.339 e. The highest BCUT2D eigenvalue weighted by atomic mass is 16.5. The number of esters is 1. The number of hydrogen-bond donors (Lipinski definition) is 1. The van der Waals surface area contributed by atoms with Crippen LogP contribution in [0.1, 0.15) is 29.9 Å². The molecule has 106 valence electrons. The van der Waals surface area contributed by atoms with Crippen LogP contribution in [0.25, 0.3) is 0 Å². The van der Waals surface area contributed by atoms with Crippen LogP contribution in [0.2, 0.25) is 0 Å². The zero-order chi connectivity index (χ0) is 14.3. The summed E-state index contributed by atoms with van der Waals surface area (Å²) in [5, 5.41) is 3.33. The quantitative estimate of drug-likeness (QED) is 0.595. The minimum atomic E-state index is -0.356. The lowest BCUT2D eigenvalue weighted by Gasteiger charge is -2.20. The van der Waals surface area contributed by atoms with Gasteiger partial charge < -0.3 is 15.0 Å². The van der Waals surface area contributed by atoms with Crippen molar-refractivity contribution in [2.24, 2.45) is 0 Å². The molecule has 0 bridgehead atoms. The van der Waals surface area contributed by atoms with Gasteiger partial charge in [0.15, 0.2) is 0 Å². The van der Waals surface area contributed by atoms with Gasteiger partial charge in [-0.1, -0.05) is 0 Å². The Morgan fingerprint density at radius 3 is 2.74 bits per heavy atom. The number of methoxy groups -OCH3 is 1. The second-order valence-corrected chi connectivity index (χ2v) is 4.78. The first-order valence-electron chi connectivity index (χ1n) is 6.48. The van der Waals surface area contributed by atoms with Crippen molar-refractivity contribution in [2.45, 2.75) is 26.4 Å². The van der Waals surface area contributed by atoms with E-state index in [0.29, 0.717) is 18.2 Å². The van der Waals surface area contributed by atoms with E-state index in [1.165, 1.54) is 7.11 Å². The summed E-state index contributed by atoms with van der Waals surface area (Å²) in [7, 11) is 3.47. The normalized spacial score (nSPS) is 11.1. The summed E-state index contributed by atoms with van der Waals surface area (Å²) >= 11 is 0. The summed E-state index contributed by atoms with van der Waals surface area (Å²) in [5.41, 5.74) is 1.39. The number of rotatable bonds is 7. The topological polar surface area (TPSA) is 54.5 Å². The summed E-state index contributed by atoms with van der Waals surface area (Å²) in [6, 6.07) is 4.13. The summed E-state index contributed by atoms with van der Waals surface area (Å²) in [6.45, 7) is 6.96. The number of nitrogens with one attached hydrogen (secondary N) is 1. The van der Waals surface area contributed by atoms with Crippen LogP contribution < -0.4 is 5.32 Å². The maximum absolute atomic E-state index is 11.2. The smallest absolute Gasteiger partial charge is 0.339 e. The molecule has 0 amide bonds. The maximum atomic E-state index is 11.2. The van der Waals surface area contributed by atoms with Gasteiger partial charge in [0.05, 0.1) is 18.4 Å². The number of carbonyl (C=O) groups excluding carboxylic acids is 1. The van der Waals surface area contributed by atoms with Crippen LogP contribution in [0.15, 0.2) is 18.3 Å². The molecule has 1 aromatic heterocycles. The molecule has 0 aliphatic rings. The Labute approximate surface area is 115 Å². The molecule has 5 heteroatoms. The molecular weight excluding hydrogens is 242 g/mol. The first kappa shape index (κ1) is 15.6. The molecule has 19 heavy (non-hydrogen) atoms. The standard InChI is InChI=1S/C14H23N3O2/c1-11(2)17(3)8-7-15-10-13-6-5-12(9-16-13)14(18)19-4/h5-6,9,11,15H,7-8,10H2,1-4H3. The van der Waals surface area contributed by atoms with Crippen molar-refractivity contribution < 1.29 is 9.53 Å². The molecule has 0 unspecified atom stereocenters. The second kappa shape index (κ2) is 7.86. The van der Waals surface area contributed by atoms with E-state index in [0.717, 1.165) is 18.8 Å². The number of nitrogens with zero attached hydrogens (tertiary/aromatic N) is 2. The number of hydrogen-bond acceptors (Lipinski definition) is 5. The predicted octanol–water partition coefficient (Wildman–Crippen LogP) is 1.30. The highest BCUT2D eigenvalue weighted by Crippen LogP contribution is 2.01. The third kappa shape index (κ3) is 5.36. The summed E-state index contributed by atoms with van der Waals surface area (Å²) in [4.78, 5) is 17.7. The molecule has 0 aromatic carbocycles. The summed E-state index contributed by atoms with van der Waals surface area (Å²) in [5.74, 6) is -0.356. The Bertz CT molecular complexity index is 390. The van der Waals surface area contributed by atoms with E-state index in [-0.39, 0.29) is 5.97 Å². The Balaban J connectivity index is 2.32. The van der Waals surface area contributed by atoms with E-state index in [2.05, 4.69) is 40.8 Å². The van der Waals surface area contributed by atoms with Crippen LogP contribution in [0.5, 0.6) is 0 Å². The van der Waals surface area contributed by atoms with Gasteiger partial charge in [-0.2, -0.15) is 0 Å². The molecule has 1 aromatic rings. The largest absolute Gasteiger partial charge is 0.465 e. The van der Waals surface area contributed by atoms with E-state index in [9.17, 15) is 4.79 Å². The van der Waals surface area contributed by atoms with Crippen molar-refractivity contribution in [3.63, 3.8) is 0 Å². The first-order valence-corrected chi connectivity index (χ1v) is 6.48. The lowest BCUT2D eigenvalue weighted by atomic mass is 10.2. The number of ether oxygens (including phenoxy) is 1. The van der Waals surface area contributed by atoms with Crippen LogP contribution in [0, 0.1) is 0 Å². The van der Waals surface area contributed by atoms with Crippen LogP contribution in [0.3, 0.4) is 0 Å². The molecule has 0 radical (unpaired) electrons. The fraction of sp³-hybridized carbons (Fsp3) is 0.571. The van der Waals surface area contributed by atoms with Crippen LogP contribution >= 0.6 is 0 Å². The van der Waals surface area contributed by atoms with Crippen molar-refractivity contribution in [2.75, 3.05) is 27.2 Å². The van der Waals surface area contributed by atoms with Crippen molar-refractivity contribution in [1.82, 2.24) is 15.2 Å². The third-order valence-electron chi connectivity index (χ3n) is 3.07. The van der Waals surface area contributed by atoms with E-state index >= 15 is 0 Å². The average molecular weight is 265 g/mol. The zero-order valence-electron chi connectivity index (χ0n) is 12.1. The van der Waals surface area contributed by atoms with Gasteiger partial charge in [-0.3, -0.25) is 4.98 Å². The van der Waals surface area contributed by atoms with Gasteiger partial charge in [-0.05, 0) is 33.0 Å². The van der Waals surface area contributed by atoms with Crippen molar-refractivity contribution in [1.29, 1.82) is 0 Å². The van der Waals surface area contributed by atoms with Crippen LogP contribution in [-0.4, -0.2) is 49.1 Å². The van der Waals surface area contributed by atoms with E-state index in [4.69, 9.17) is 0 Å². The number of pyridine rings is 1. The summed E-state index contributed by atoms with van der Waals surface area (Å²) in [6.07, 6.45) is 1.54. The van der Waals surface area contributed by atoms with Gasteiger partial charge in [0.1, 0.15) is 0 Å². The highest BCUT2D eigenvalue weighted by Gasteiger charge is 2.05. The first-order chi connectivity index (χ1) is 9.04. The molecule has 0 saturated heterocycles. The van der Waals surface area contributed by atoms with Gasteiger partial charge in [0, 0.05) is 31.9 Å². The third-order valence-corrected chi connectivity index (χ3v) is 3.07. The van der Waals surface area contributed by atoms with Crippen molar-refractivity contribution in [3.8, 4) is 0 Å². The van der Waals surface area contributed by atoms with Gasteiger partial charge in [0.2, 0.25) is 0 Å². The number of aromatic nitrogens is 1. The lowest BCUT2D eigenvalue weighted by Crippen LogP contribution is -2.33. The van der Waals surface area contributed by atoms with Crippen molar-refractivity contribution >= 4 is 5.97 Å². The molecule has 0 fully saturated rings. The number of carbonyl (C=O) groups is 1. The van der Waals surface area contributed by atoms with E-state index in [1.54, 1.807) is 12.3 Å². The van der Waals surface area contributed by atoms with Gasteiger partial charge >= 0.3 is 5.97 Å². The highest BCUT2D eigenvalue weighted by molar-refractivity contribution is 5.88. The molecule has 0 spiro atoms. The SMILES string of the molecule is COC(=O)c1ccc(CNCCN(C)C(C)C)nc1. The molecule has 5 nitrogen and oxygen atoms in total. The molecule has 0 aliphatic carbocycles. The lowest BCUT2D eigenvalue weighted by molar-refractivity contribution is 0.0600. The van der Waals surface area contributed by atoms with Gasteiger partial charge in [-0.25, -0.2) is 4.79 Å².